The molecule has 0 amide bonds. The van der Waals surface area contributed by atoms with Crippen LogP contribution in [-0.4, -0.2) is 20.2 Å². The Morgan fingerprint density at radius 1 is 1.59 bits per heavy atom. The Hall–Kier alpha value is -2.16. The van der Waals surface area contributed by atoms with Crippen LogP contribution in [0.2, 0.25) is 0 Å². The van der Waals surface area contributed by atoms with Crippen molar-refractivity contribution in [2.24, 2.45) is 0 Å². The molecule has 1 unspecified atom stereocenters. The second-order valence-corrected chi connectivity index (χ2v) is 3.71. The number of benzene rings is 1. The number of rotatable bonds is 4. The standard InChI is InChI=1S/C8H8N2O6S/c1-5(11)16-17(15)9-7-3-2-6(10(13)14)4-8(7)12/h2-4,9,12H,1H3. The van der Waals surface area contributed by atoms with Crippen LogP contribution in [0, 0.1) is 10.1 Å². The number of hydrogen-bond acceptors (Lipinski definition) is 6. The Kier molecular flexibility index (Phi) is 3.99. The number of carbonyl (C=O) groups is 1. The maximum atomic E-state index is 11.1. The molecule has 92 valence electrons. The SMILES string of the molecule is CC(=O)OS(=O)Nc1ccc([N+](=O)[O-])cc1O. The van der Waals surface area contributed by atoms with Gasteiger partial charge in [-0.1, -0.05) is 0 Å². The number of non-ortho nitro benzene ring substituents is 1. The number of nitro benzene ring substituents is 1. The minimum Gasteiger partial charge on any atom is -0.505 e. The van der Waals surface area contributed by atoms with Gasteiger partial charge in [-0.2, -0.15) is 4.21 Å². The summed E-state index contributed by atoms with van der Waals surface area (Å²) in [7, 11) is 0. The topological polar surface area (TPSA) is 119 Å². The second kappa shape index (κ2) is 5.25. The lowest BCUT2D eigenvalue weighted by Gasteiger charge is -2.06. The average molecular weight is 260 g/mol. The third-order valence-electron chi connectivity index (χ3n) is 1.58. The lowest BCUT2D eigenvalue weighted by Crippen LogP contribution is -2.11. The van der Waals surface area contributed by atoms with Crippen molar-refractivity contribution in [2.45, 2.75) is 6.92 Å². The van der Waals surface area contributed by atoms with Gasteiger partial charge in [0.05, 0.1) is 16.7 Å². The summed E-state index contributed by atoms with van der Waals surface area (Å²) in [5, 5.41) is 19.8. The largest absolute Gasteiger partial charge is 0.505 e. The van der Waals surface area contributed by atoms with E-state index in [1.54, 1.807) is 0 Å². The molecule has 1 rings (SSSR count). The molecule has 2 N–H and O–H groups in total. The molecular formula is C8H8N2O6S. The summed E-state index contributed by atoms with van der Waals surface area (Å²) in [5.74, 6) is -1.24. The van der Waals surface area contributed by atoms with Gasteiger partial charge in [-0.3, -0.25) is 19.6 Å². The summed E-state index contributed by atoms with van der Waals surface area (Å²) in [5.41, 5.74) is -0.360. The first-order valence-corrected chi connectivity index (χ1v) is 5.32. The molecule has 0 bridgehead atoms. The Morgan fingerprint density at radius 3 is 2.71 bits per heavy atom. The summed E-state index contributed by atoms with van der Waals surface area (Å²) in [4.78, 5) is 20.2. The highest BCUT2D eigenvalue weighted by Gasteiger charge is 2.12. The highest BCUT2D eigenvalue weighted by molar-refractivity contribution is 7.82. The van der Waals surface area contributed by atoms with Gasteiger partial charge in [0.2, 0.25) is 0 Å². The van der Waals surface area contributed by atoms with Gasteiger partial charge in [-0.05, 0) is 6.07 Å². The van der Waals surface area contributed by atoms with Gasteiger partial charge < -0.3 is 9.29 Å². The molecule has 0 fully saturated rings. The van der Waals surface area contributed by atoms with E-state index in [1.165, 1.54) is 0 Å². The van der Waals surface area contributed by atoms with Gasteiger partial charge in [-0.15, -0.1) is 0 Å². The van der Waals surface area contributed by atoms with Crippen LogP contribution >= 0.6 is 0 Å². The van der Waals surface area contributed by atoms with Crippen molar-refractivity contribution in [1.29, 1.82) is 0 Å². The van der Waals surface area contributed by atoms with Crippen LogP contribution < -0.4 is 4.72 Å². The first-order chi connectivity index (χ1) is 7.90. The molecule has 0 aliphatic carbocycles. The predicted molar refractivity (Wildman–Crippen MR) is 58.3 cm³/mol. The molecule has 1 atom stereocenters. The third kappa shape index (κ3) is 3.72. The average Bonchev–Trinajstić information content (AvgIpc) is 2.19. The number of phenols is 1. The van der Waals surface area contributed by atoms with Gasteiger partial charge in [0, 0.05) is 13.0 Å². The van der Waals surface area contributed by atoms with Gasteiger partial charge in [0.1, 0.15) is 5.75 Å². The van der Waals surface area contributed by atoms with Gasteiger partial charge in [-0.25, -0.2) is 0 Å². The van der Waals surface area contributed by atoms with Crippen molar-refractivity contribution in [3.8, 4) is 5.75 Å². The third-order valence-corrected chi connectivity index (χ3v) is 2.35. The van der Waals surface area contributed by atoms with Gasteiger partial charge >= 0.3 is 17.2 Å². The van der Waals surface area contributed by atoms with E-state index in [4.69, 9.17) is 0 Å². The lowest BCUT2D eigenvalue weighted by molar-refractivity contribution is -0.384. The molecule has 0 saturated carbocycles. The van der Waals surface area contributed by atoms with Crippen LogP contribution in [0.15, 0.2) is 18.2 Å². The predicted octanol–water partition coefficient (Wildman–Crippen LogP) is 0.854. The summed E-state index contributed by atoms with van der Waals surface area (Å²) in [6.07, 6.45) is 0. The molecule has 8 nitrogen and oxygen atoms in total. The number of hydrogen-bond donors (Lipinski definition) is 2. The van der Waals surface area contributed by atoms with E-state index >= 15 is 0 Å². The van der Waals surface area contributed by atoms with Crippen molar-refractivity contribution in [3.63, 3.8) is 0 Å². The molecule has 0 aromatic heterocycles. The number of nitrogens with zero attached hydrogens (tertiary/aromatic N) is 1. The zero-order valence-electron chi connectivity index (χ0n) is 8.58. The molecule has 0 spiro atoms. The number of anilines is 1. The van der Waals surface area contributed by atoms with Crippen molar-refractivity contribution in [3.05, 3.63) is 28.3 Å². The molecule has 0 radical (unpaired) electrons. The zero-order valence-corrected chi connectivity index (χ0v) is 9.39. The number of carbonyl (C=O) groups excluding carboxylic acids is 1. The quantitative estimate of drug-likeness (QED) is 0.470. The zero-order chi connectivity index (χ0) is 13.0. The second-order valence-electron chi connectivity index (χ2n) is 2.87. The maximum Gasteiger partial charge on any atom is 0.318 e. The lowest BCUT2D eigenvalue weighted by atomic mass is 10.3. The molecule has 0 aliphatic heterocycles. The van der Waals surface area contributed by atoms with Crippen LogP contribution in [0.1, 0.15) is 6.92 Å². The van der Waals surface area contributed by atoms with Gasteiger partial charge in [0.25, 0.3) is 5.69 Å². The van der Waals surface area contributed by atoms with Crippen LogP contribution in [0.25, 0.3) is 0 Å². The number of aromatic hydroxyl groups is 1. The summed E-state index contributed by atoms with van der Waals surface area (Å²) in [6.45, 7) is 1.06. The maximum absolute atomic E-state index is 11.1. The molecule has 1 aromatic carbocycles. The minimum absolute atomic E-state index is 0.0461. The number of phenolic OH excluding ortho intramolecular Hbond substituents is 1. The van der Waals surface area contributed by atoms with Crippen molar-refractivity contribution < 1.29 is 23.2 Å². The fraction of sp³-hybridized carbons (Fsp3) is 0.125. The molecule has 17 heavy (non-hydrogen) atoms. The molecule has 0 heterocycles. The van der Waals surface area contributed by atoms with Crippen LogP contribution in [0.4, 0.5) is 11.4 Å². The van der Waals surface area contributed by atoms with Crippen molar-refractivity contribution in [1.82, 2.24) is 0 Å². The van der Waals surface area contributed by atoms with Crippen LogP contribution in [-0.2, 0) is 20.2 Å². The fourth-order valence-corrected chi connectivity index (χ4v) is 1.54. The Morgan fingerprint density at radius 2 is 2.24 bits per heavy atom. The van der Waals surface area contributed by atoms with E-state index in [2.05, 4.69) is 8.91 Å². The van der Waals surface area contributed by atoms with E-state index in [1.807, 2.05) is 0 Å². The van der Waals surface area contributed by atoms with Gasteiger partial charge in [0.15, 0.2) is 0 Å². The fourth-order valence-electron chi connectivity index (χ4n) is 0.937. The summed E-state index contributed by atoms with van der Waals surface area (Å²) < 4.78 is 17.5. The monoisotopic (exact) mass is 260 g/mol. The minimum atomic E-state index is -2.16. The first kappa shape index (κ1) is 12.9. The van der Waals surface area contributed by atoms with E-state index in [0.717, 1.165) is 25.1 Å². The van der Waals surface area contributed by atoms with Crippen LogP contribution in [0.5, 0.6) is 5.75 Å². The molecule has 9 heteroatoms. The summed E-state index contributed by atoms with van der Waals surface area (Å²) >= 11 is -2.16. The number of nitrogens with one attached hydrogen (secondary N) is 1. The van der Waals surface area contributed by atoms with Crippen LogP contribution in [0.3, 0.4) is 0 Å². The normalized spacial score (nSPS) is 11.6. The highest BCUT2D eigenvalue weighted by atomic mass is 32.2. The summed E-state index contributed by atoms with van der Waals surface area (Å²) in [6, 6.07) is 3.13. The molecule has 0 aliphatic rings. The van der Waals surface area contributed by atoms with E-state index in [9.17, 15) is 24.2 Å². The Bertz CT molecular complexity index is 489. The Labute approximate surface area is 98.2 Å². The van der Waals surface area contributed by atoms with E-state index in [-0.39, 0.29) is 11.4 Å². The number of nitro groups is 1. The van der Waals surface area contributed by atoms with E-state index in [0.29, 0.717) is 0 Å². The van der Waals surface area contributed by atoms with Crippen molar-refractivity contribution >= 4 is 28.6 Å². The highest BCUT2D eigenvalue weighted by Crippen LogP contribution is 2.28. The molecule has 0 saturated heterocycles. The Balaban J connectivity index is 2.83. The van der Waals surface area contributed by atoms with E-state index < -0.39 is 27.9 Å². The smallest absolute Gasteiger partial charge is 0.318 e. The molecular weight excluding hydrogens is 252 g/mol. The van der Waals surface area contributed by atoms with Crippen molar-refractivity contribution in [2.75, 3.05) is 4.72 Å². The molecule has 1 aromatic rings. The first-order valence-electron chi connectivity index (χ1n) is 4.25.